The summed E-state index contributed by atoms with van der Waals surface area (Å²) in [5, 5.41) is 6.18. The van der Waals surface area contributed by atoms with Gasteiger partial charge in [0, 0.05) is 21.5 Å². The van der Waals surface area contributed by atoms with Gasteiger partial charge in [0.2, 0.25) is 0 Å². The van der Waals surface area contributed by atoms with Crippen molar-refractivity contribution in [3.8, 4) is 5.75 Å². The average Bonchev–Trinajstić information content (AvgIpc) is 2.93. The summed E-state index contributed by atoms with van der Waals surface area (Å²) < 4.78 is 5.42. The van der Waals surface area contributed by atoms with Crippen LogP contribution in [0.4, 0.5) is 0 Å². The summed E-state index contributed by atoms with van der Waals surface area (Å²) in [6.07, 6.45) is 2.10. The van der Waals surface area contributed by atoms with E-state index in [1.807, 2.05) is 25.2 Å². The molecule has 0 aliphatic rings. The monoisotopic (exact) mass is 295 g/mol. The van der Waals surface area contributed by atoms with Crippen LogP contribution in [0.5, 0.6) is 5.75 Å². The molecule has 2 rings (SSSR count). The lowest BCUT2D eigenvalue weighted by atomic mass is 10.0. The summed E-state index contributed by atoms with van der Waals surface area (Å²) in [5.74, 6) is 0.845. The Hall–Kier alpha value is -1.03. The highest BCUT2D eigenvalue weighted by Crippen LogP contribution is 2.31. The van der Waals surface area contributed by atoms with Gasteiger partial charge in [-0.1, -0.05) is 23.7 Å². The molecule has 0 spiro atoms. The normalized spacial score (nSPS) is 12.4. The molecule has 0 aliphatic heterocycles. The van der Waals surface area contributed by atoms with Crippen molar-refractivity contribution in [1.29, 1.82) is 0 Å². The van der Waals surface area contributed by atoms with Crippen molar-refractivity contribution in [2.45, 2.75) is 18.9 Å². The summed E-state index contributed by atoms with van der Waals surface area (Å²) in [5.41, 5.74) is 1.16. The number of benzene rings is 1. The van der Waals surface area contributed by atoms with Crippen LogP contribution >= 0.6 is 22.9 Å². The van der Waals surface area contributed by atoms with Crippen LogP contribution in [-0.4, -0.2) is 14.2 Å². The first-order valence-corrected chi connectivity index (χ1v) is 7.53. The molecule has 0 saturated carbocycles. The number of ether oxygens (including phenoxy) is 1. The molecule has 4 heteroatoms. The molecule has 2 nitrogen and oxygen atoms in total. The van der Waals surface area contributed by atoms with E-state index in [1.54, 1.807) is 18.4 Å². The first-order chi connectivity index (χ1) is 9.24. The SMILES string of the molecule is CNC(CCc1cccs1)c1ccc(Cl)cc1OC. The van der Waals surface area contributed by atoms with Gasteiger partial charge in [-0.15, -0.1) is 11.3 Å². The molecule has 0 fully saturated rings. The average molecular weight is 296 g/mol. The summed E-state index contributed by atoms with van der Waals surface area (Å²) >= 11 is 7.81. The maximum atomic E-state index is 6.00. The number of thiophene rings is 1. The van der Waals surface area contributed by atoms with E-state index in [0.717, 1.165) is 24.2 Å². The lowest BCUT2D eigenvalue weighted by Gasteiger charge is -2.19. The van der Waals surface area contributed by atoms with E-state index in [4.69, 9.17) is 16.3 Å². The molecule has 19 heavy (non-hydrogen) atoms. The van der Waals surface area contributed by atoms with Crippen LogP contribution in [0.25, 0.3) is 0 Å². The number of rotatable bonds is 6. The summed E-state index contributed by atoms with van der Waals surface area (Å²) in [7, 11) is 3.66. The standard InChI is InChI=1S/C15H18ClNOS/c1-17-14(8-6-12-4-3-9-19-12)13-7-5-11(16)10-15(13)18-2/h3-5,7,9-10,14,17H,6,8H2,1-2H3. The van der Waals surface area contributed by atoms with Crippen LogP contribution in [0.15, 0.2) is 35.7 Å². The predicted molar refractivity (Wildman–Crippen MR) is 82.4 cm³/mol. The zero-order chi connectivity index (χ0) is 13.7. The fraction of sp³-hybridized carbons (Fsp3) is 0.333. The van der Waals surface area contributed by atoms with Crippen molar-refractivity contribution in [3.63, 3.8) is 0 Å². The van der Waals surface area contributed by atoms with Crippen LogP contribution < -0.4 is 10.1 Å². The molecule has 1 heterocycles. The number of methoxy groups -OCH3 is 1. The first-order valence-electron chi connectivity index (χ1n) is 6.27. The van der Waals surface area contributed by atoms with Crippen molar-refractivity contribution in [2.24, 2.45) is 0 Å². The van der Waals surface area contributed by atoms with Crippen LogP contribution in [0.3, 0.4) is 0 Å². The van der Waals surface area contributed by atoms with Crippen molar-refractivity contribution in [3.05, 3.63) is 51.2 Å². The smallest absolute Gasteiger partial charge is 0.125 e. The molecule has 0 radical (unpaired) electrons. The Labute approximate surface area is 123 Å². The Morgan fingerprint density at radius 2 is 2.21 bits per heavy atom. The van der Waals surface area contributed by atoms with Crippen molar-refractivity contribution >= 4 is 22.9 Å². The van der Waals surface area contributed by atoms with E-state index in [2.05, 4.69) is 22.8 Å². The molecule has 1 N–H and O–H groups in total. The van der Waals surface area contributed by atoms with Crippen molar-refractivity contribution in [2.75, 3.05) is 14.2 Å². The van der Waals surface area contributed by atoms with Gasteiger partial charge in [-0.3, -0.25) is 0 Å². The van der Waals surface area contributed by atoms with Gasteiger partial charge in [-0.05, 0) is 43.5 Å². The molecule has 1 aromatic heterocycles. The van der Waals surface area contributed by atoms with E-state index in [1.165, 1.54) is 4.88 Å². The molecule has 102 valence electrons. The molecule has 2 aromatic rings. The van der Waals surface area contributed by atoms with Crippen LogP contribution in [0, 0.1) is 0 Å². The minimum Gasteiger partial charge on any atom is -0.496 e. The molecule has 0 amide bonds. The lowest BCUT2D eigenvalue weighted by molar-refractivity contribution is 0.399. The van der Waals surface area contributed by atoms with Gasteiger partial charge in [-0.2, -0.15) is 0 Å². The van der Waals surface area contributed by atoms with E-state index >= 15 is 0 Å². The van der Waals surface area contributed by atoms with E-state index < -0.39 is 0 Å². The molecule has 0 aliphatic carbocycles. The van der Waals surface area contributed by atoms with Gasteiger partial charge in [0.1, 0.15) is 5.75 Å². The number of hydrogen-bond acceptors (Lipinski definition) is 3. The topological polar surface area (TPSA) is 21.3 Å². The quantitative estimate of drug-likeness (QED) is 0.858. The Kier molecular flexibility index (Phi) is 5.25. The fourth-order valence-electron chi connectivity index (χ4n) is 2.17. The molecular formula is C15H18ClNOS. The predicted octanol–water partition coefficient (Wildman–Crippen LogP) is 4.30. The second-order valence-electron chi connectivity index (χ2n) is 4.35. The largest absolute Gasteiger partial charge is 0.496 e. The van der Waals surface area contributed by atoms with E-state index in [-0.39, 0.29) is 6.04 Å². The van der Waals surface area contributed by atoms with Gasteiger partial charge in [0.15, 0.2) is 0 Å². The molecule has 1 unspecified atom stereocenters. The van der Waals surface area contributed by atoms with Gasteiger partial charge in [0.05, 0.1) is 7.11 Å². The molecule has 1 atom stereocenters. The third-order valence-electron chi connectivity index (χ3n) is 3.18. The maximum absolute atomic E-state index is 6.00. The first kappa shape index (κ1) is 14.4. The van der Waals surface area contributed by atoms with Crippen LogP contribution in [-0.2, 0) is 6.42 Å². The van der Waals surface area contributed by atoms with Crippen molar-refractivity contribution < 1.29 is 4.74 Å². The van der Waals surface area contributed by atoms with Gasteiger partial charge in [-0.25, -0.2) is 0 Å². The molecule has 0 saturated heterocycles. The summed E-state index contributed by atoms with van der Waals surface area (Å²) in [4.78, 5) is 1.41. The zero-order valence-electron chi connectivity index (χ0n) is 11.2. The third kappa shape index (κ3) is 3.72. The second kappa shape index (κ2) is 6.94. The fourth-order valence-corrected chi connectivity index (χ4v) is 3.06. The third-order valence-corrected chi connectivity index (χ3v) is 4.35. The Balaban J connectivity index is 2.12. The van der Waals surface area contributed by atoms with Crippen molar-refractivity contribution in [1.82, 2.24) is 5.32 Å². The second-order valence-corrected chi connectivity index (χ2v) is 5.81. The Morgan fingerprint density at radius 1 is 1.37 bits per heavy atom. The van der Waals surface area contributed by atoms with Crippen LogP contribution in [0.2, 0.25) is 5.02 Å². The molecular weight excluding hydrogens is 278 g/mol. The number of hydrogen-bond donors (Lipinski definition) is 1. The van der Waals surface area contributed by atoms with Crippen LogP contribution in [0.1, 0.15) is 22.9 Å². The highest BCUT2D eigenvalue weighted by atomic mass is 35.5. The van der Waals surface area contributed by atoms with E-state index in [9.17, 15) is 0 Å². The van der Waals surface area contributed by atoms with Gasteiger partial charge >= 0.3 is 0 Å². The number of aryl methyl sites for hydroxylation is 1. The Morgan fingerprint density at radius 3 is 2.84 bits per heavy atom. The number of halogens is 1. The highest BCUT2D eigenvalue weighted by Gasteiger charge is 2.15. The minimum absolute atomic E-state index is 0.273. The molecule has 1 aromatic carbocycles. The highest BCUT2D eigenvalue weighted by molar-refractivity contribution is 7.09. The summed E-state index contributed by atoms with van der Waals surface area (Å²) in [6, 6.07) is 10.4. The zero-order valence-corrected chi connectivity index (χ0v) is 12.7. The Bertz CT molecular complexity index is 513. The number of nitrogens with one attached hydrogen (secondary N) is 1. The van der Waals surface area contributed by atoms with E-state index in [0.29, 0.717) is 5.02 Å². The summed E-state index contributed by atoms with van der Waals surface area (Å²) in [6.45, 7) is 0. The maximum Gasteiger partial charge on any atom is 0.125 e. The van der Waals surface area contributed by atoms with Gasteiger partial charge in [0.25, 0.3) is 0 Å². The minimum atomic E-state index is 0.273. The lowest BCUT2D eigenvalue weighted by Crippen LogP contribution is -2.17. The van der Waals surface area contributed by atoms with Gasteiger partial charge < -0.3 is 10.1 Å². The molecule has 0 bridgehead atoms.